The molecule has 2 radical (unpaired) electrons. The van der Waals surface area contributed by atoms with Crippen molar-refractivity contribution in [3.63, 3.8) is 0 Å². The lowest BCUT2D eigenvalue weighted by Gasteiger charge is -1.99. The Morgan fingerprint density at radius 2 is 1.08 bits per heavy atom. The van der Waals surface area contributed by atoms with E-state index in [1.165, 1.54) is 25.7 Å². The first-order chi connectivity index (χ1) is 6.28. The van der Waals surface area contributed by atoms with Gasteiger partial charge in [0.15, 0.2) is 0 Å². The van der Waals surface area contributed by atoms with Gasteiger partial charge < -0.3 is 0 Å². The molecule has 0 aromatic rings. The second kappa shape index (κ2) is 8.30. The third kappa shape index (κ3) is 5.86. The molecular weight excluding hydrogens is 172 g/mol. The third-order valence-corrected chi connectivity index (χ3v) is 3.54. The van der Waals surface area contributed by atoms with E-state index in [0.29, 0.717) is 0 Å². The Bertz CT molecular complexity index is 146. The van der Waals surface area contributed by atoms with Gasteiger partial charge >= 0.3 is 0 Å². The molecule has 0 aromatic heterocycles. The standard InChI is InChI=1S/C12H22Si/c1-5-11(6-2)9-13-10-12(7-3)8-4/h9-10H,5-8H2,1-4H3. The van der Waals surface area contributed by atoms with Crippen LogP contribution in [0, 0.1) is 0 Å². The molecule has 0 aromatic carbocycles. The van der Waals surface area contributed by atoms with Gasteiger partial charge in [-0.2, -0.15) is 0 Å². The molecule has 0 amide bonds. The molecule has 0 saturated heterocycles. The number of allylic oxidation sites excluding steroid dienone is 2. The van der Waals surface area contributed by atoms with Crippen LogP contribution in [0.3, 0.4) is 0 Å². The molecular formula is C12H22Si. The van der Waals surface area contributed by atoms with E-state index < -0.39 is 0 Å². The molecule has 0 N–H and O–H groups in total. The van der Waals surface area contributed by atoms with Crippen molar-refractivity contribution in [2.75, 3.05) is 0 Å². The largest absolute Gasteiger partial charge is 0.101 e. The van der Waals surface area contributed by atoms with Gasteiger partial charge in [0.25, 0.3) is 0 Å². The zero-order chi connectivity index (χ0) is 10.1. The lowest BCUT2D eigenvalue weighted by atomic mass is 10.2. The molecule has 0 atom stereocenters. The van der Waals surface area contributed by atoms with E-state index in [2.05, 4.69) is 39.1 Å². The van der Waals surface area contributed by atoms with Crippen LogP contribution in [-0.2, 0) is 0 Å². The van der Waals surface area contributed by atoms with Gasteiger partial charge in [0, 0.05) is 0 Å². The monoisotopic (exact) mass is 194 g/mol. The molecule has 0 nitrogen and oxygen atoms in total. The summed E-state index contributed by atoms with van der Waals surface area (Å²) in [5.74, 6) is 0. The predicted octanol–water partition coefficient (Wildman–Crippen LogP) is 4.10. The quantitative estimate of drug-likeness (QED) is 0.559. The van der Waals surface area contributed by atoms with Crippen molar-refractivity contribution in [3.8, 4) is 0 Å². The van der Waals surface area contributed by atoms with E-state index in [0.717, 1.165) is 9.52 Å². The second-order valence-corrected chi connectivity index (χ2v) is 4.10. The molecule has 0 spiro atoms. The molecule has 1 heteroatoms. The average Bonchev–Trinajstić information content (AvgIpc) is 2.19. The van der Waals surface area contributed by atoms with Gasteiger partial charge in [-0.1, -0.05) is 50.2 Å². The van der Waals surface area contributed by atoms with Gasteiger partial charge in [-0.05, 0) is 25.7 Å². The molecule has 0 fully saturated rings. The maximum absolute atomic E-state index is 2.41. The number of hydrogen-bond donors (Lipinski definition) is 0. The Balaban J connectivity index is 3.99. The molecule has 0 aliphatic heterocycles. The predicted molar refractivity (Wildman–Crippen MR) is 63.1 cm³/mol. The zero-order valence-corrected chi connectivity index (χ0v) is 10.5. The molecule has 0 aliphatic carbocycles. The SMILES string of the molecule is CCC(=C[Si]C=C(CC)CC)CC. The number of hydrogen-bond acceptors (Lipinski definition) is 0. The van der Waals surface area contributed by atoms with Gasteiger partial charge in [0.05, 0.1) is 0 Å². The van der Waals surface area contributed by atoms with Crippen LogP contribution < -0.4 is 0 Å². The summed E-state index contributed by atoms with van der Waals surface area (Å²) in [6.45, 7) is 8.96. The Morgan fingerprint density at radius 3 is 1.31 bits per heavy atom. The first kappa shape index (κ1) is 12.7. The third-order valence-electron chi connectivity index (χ3n) is 2.39. The number of rotatable bonds is 6. The Kier molecular flexibility index (Phi) is 8.11. The topological polar surface area (TPSA) is 0 Å². The van der Waals surface area contributed by atoms with Crippen molar-refractivity contribution in [1.82, 2.24) is 0 Å². The van der Waals surface area contributed by atoms with Gasteiger partial charge in [0.2, 0.25) is 0 Å². The Labute approximate surface area is 85.9 Å². The average molecular weight is 194 g/mol. The zero-order valence-electron chi connectivity index (χ0n) is 9.48. The highest BCUT2D eigenvalue weighted by Crippen LogP contribution is 2.07. The van der Waals surface area contributed by atoms with Crippen LogP contribution in [0.15, 0.2) is 22.5 Å². The summed E-state index contributed by atoms with van der Waals surface area (Å²) in [7, 11) is 0.896. The van der Waals surface area contributed by atoms with E-state index in [1.807, 2.05) is 0 Å². The summed E-state index contributed by atoms with van der Waals surface area (Å²) in [5, 5.41) is 0. The first-order valence-electron chi connectivity index (χ1n) is 5.40. The molecule has 0 aliphatic rings. The van der Waals surface area contributed by atoms with Gasteiger partial charge in [-0.15, -0.1) is 0 Å². The molecule has 0 bridgehead atoms. The lowest BCUT2D eigenvalue weighted by Crippen LogP contribution is -1.88. The Morgan fingerprint density at radius 1 is 0.769 bits per heavy atom. The van der Waals surface area contributed by atoms with Crippen molar-refractivity contribution in [3.05, 3.63) is 22.5 Å². The molecule has 0 heterocycles. The van der Waals surface area contributed by atoms with Crippen molar-refractivity contribution in [2.45, 2.75) is 53.4 Å². The van der Waals surface area contributed by atoms with Crippen LogP contribution in [-0.4, -0.2) is 9.52 Å². The summed E-state index contributed by atoms with van der Waals surface area (Å²) < 4.78 is 0. The molecule has 0 rings (SSSR count). The highest BCUT2D eigenvalue weighted by molar-refractivity contribution is 6.48. The fraction of sp³-hybridized carbons (Fsp3) is 0.667. The van der Waals surface area contributed by atoms with Crippen molar-refractivity contribution in [1.29, 1.82) is 0 Å². The maximum Gasteiger partial charge on any atom is 0.101 e. The normalized spacial score (nSPS) is 9.54. The Hall–Kier alpha value is -0.303. The molecule has 13 heavy (non-hydrogen) atoms. The van der Waals surface area contributed by atoms with Crippen molar-refractivity contribution >= 4 is 9.52 Å². The van der Waals surface area contributed by atoms with E-state index in [-0.39, 0.29) is 0 Å². The van der Waals surface area contributed by atoms with Crippen LogP contribution >= 0.6 is 0 Å². The smallest absolute Gasteiger partial charge is 0.0947 e. The molecule has 74 valence electrons. The lowest BCUT2D eigenvalue weighted by molar-refractivity contribution is 0.978. The minimum Gasteiger partial charge on any atom is -0.0947 e. The van der Waals surface area contributed by atoms with Gasteiger partial charge in [-0.3, -0.25) is 0 Å². The van der Waals surface area contributed by atoms with E-state index in [1.54, 1.807) is 11.1 Å². The highest BCUT2D eigenvalue weighted by Gasteiger charge is 1.91. The van der Waals surface area contributed by atoms with Gasteiger partial charge in [-0.25, -0.2) is 0 Å². The first-order valence-corrected chi connectivity index (χ1v) is 6.55. The molecule has 0 unspecified atom stereocenters. The van der Waals surface area contributed by atoms with Crippen LogP contribution in [0.2, 0.25) is 0 Å². The molecule has 0 saturated carbocycles. The van der Waals surface area contributed by atoms with Gasteiger partial charge in [0.1, 0.15) is 9.52 Å². The van der Waals surface area contributed by atoms with Crippen molar-refractivity contribution in [2.24, 2.45) is 0 Å². The minimum absolute atomic E-state index is 0.896. The highest BCUT2D eigenvalue weighted by atomic mass is 28.2. The van der Waals surface area contributed by atoms with E-state index >= 15 is 0 Å². The summed E-state index contributed by atoms with van der Waals surface area (Å²) >= 11 is 0. The van der Waals surface area contributed by atoms with Crippen LogP contribution in [0.25, 0.3) is 0 Å². The van der Waals surface area contributed by atoms with E-state index in [4.69, 9.17) is 0 Å². The van der Waals surface area contributed by atoms with E-state index in [9.17, 15) is 0 Å². The summed E-state index contributed by atoms with van der Waals surface area (Å²) in [6, 6.07) is 0. The minimum atomic E-state index is 0.896. The summed E-state index contributed by atoms with van der Waals surface area (Å²) in [5.41, 5.74) is 8.01. The maximum atomic E-state index is 2.41. The summed E-state index contributed by atoms with van der Waals surface area (Å²) in [4.78, 5) is 0. The van der Waals surface area contributed by atoms with Crippen LogP contribution in [0.5, 0.6) is 0 Å². The van der Waals surface area contributed by atoms with Crippen LogP contribution in [0.4, 0.5) is 0 Å². The fourth-order valence-corrected chi connectivity index (χ4v) is 2.56. The van der Waals surface area contributed by atoms with Crippen LogP contribution in [0.1, 0.15) is 53.4 Å². The summed E-state index contributed by atoms with van der Waals surface area (Å²) in [6.07, 6.45) is 4.85. The fourth-order valence-electron chi connectivity index (χ4n) is 1.19. The van der Waals surface area contributed by atoms with Crippen molar-refractivity contribution < 1.29 is 0 Å². The second-order valence-electron chi connectivity index (χ2n) is 3.19.